The quantitative estimate of drug-likeness (QED) is 0.301. The molecule has 140 valence electrons. The summed E-state index contributed by atoms with van der Waals surface area (Å²) in [5, 5.41) is 0. The number of fused-ring (bicyclic) bond motifs is 10. The van der Waals surface area contributed by atoms with Gasteiger partial charge in [0.15, 0.2) is 0 Å². The van der Waals surface area contributed by atoms with Gasteiger partial charge in [-0.05, 0) is 77.4 Å². The average Bonchev–Trinajstić information content (AvgIpc) is 3.13. The Balaban J connectivity index is 1.88. The van der Waals surface area contributed by atoms with Crippen molar-refractivity contribution in [2.45, 2.75) is 26.2 Å². The fraction of sp³-hybridized carbons (Fsp3) is 0.143. The fourth-order valence-corrected chi connectivity index (χ4v) is 5.59. The number of nitrogen functional groups attached to an aromatic ring is 1. The van der Waals surface area contributed by atoms with Crippen LogP contribution < -0.4 is 5.73 Å². The summed E-state index contributed by atoms with van der Waals surface area (Å²) in [6.07, 6.45) is 0. The molecule has 0 atom stereocenters. The predicted molar refractivity (Wildman–Crippen MR) is 121 cm³/mol. The molecule has 0 bridgehead atoms. The summed E-state index contributed by atoms with van der Waals surface area (Å²) in [5.41, 5.74) is 21.5. The fourth-order valence-electron chi connectivity index (χ4n) is 5.59. The summed E-state index contributed by atoms with van der Waals surface area (Å²) in [7, 11) is 0. The van der Waals surface area contributed by atoms with Crippen LogP contribution in [0.3, 0.4) is 0 Å². The number of aryl methyl sites for hydroxylation is 3. The van der Waals surface area contributed by atoms with Gasteiger partial charge in [0.25, 0.3) is 0 Å². The Labute approximate surface area is 171 Å². The van der Waals surface area contributed by atoms with Crippen LogP contribution in [0.15, 0.2) is 72.8 Å². The molecule has 29 heavy (non-hydrogen) atoms. The van der Waals surface area contributed by atoms with Crippen LogP contribution in [0.4, 0.5) is 5.69 Å². The van der Waals surface area contributed by atoms with Gasteiger partial charge < -0.3 is 5.73 Å². The number of anilines is 1. The first-order valence-electron chi connectivity index (χ1n) is 10.2. The van der Waals surface area contributed by atoms with Crippen molar-refractivity contribution in [1.29, 1.82) is 0 Å². The first kappa shape index (κ1) is 16.6. The molecule has 0 fully saturated rings. The van der Waals surface area contributed by atoms with Crippen LogP contribution >= 0.6 is 0 Å². The highest BCUT2D eigenvalue weighted by Gasteiger charge is 2.51. The maximum atomic E-state index is 6.35. The van der Waals surface area contributed by atoms with Crippen molar-refractivity contribution in [3.8, 4) is 22.3 Å². The van der Waals surface area contributed by atoms with Crippen molar-refractivity contribution in [3.05, 3.63) is 112 Å². The summed E-state index contributed by atoms with van der Waals surface area (Å²) in [6.45, 7) is 6.57. The van der Waals surface area contributed by atoms with Crippen LogP contribution in [-0.4, -0.2) is 0 Å². The van der Waals surface area contributed by atoms with E-state index in [2.05, 4.69) is 87.5 Å². The van der Waals surface area contributed by atoms with Crippen LogP contribution in [0, 0.1) is 20.8 Å². The summed E-state index contributed by atoms with van der Waals surface area (Å²) in [4.78, 5) is 0. The van der Waals surface area contributed by atoms with E-state index in [1.54, 1.807) is 0 Å². The molecule has 4 aromatic rings. The van der Waals surface area contributed by atoms with Crippen molar-refractivity contribution in [1.82, 2.24) is 0 Å². The molecular weight excluding hydrogens is 350 g/mol. The zero-order chi connectivity index (χ0) is 19.9. The molecule has 0 saturated carbocycles. The molecule has 2 aliphatic carbocycles. The zero-order valence-electron chi connectivity index (χ0n) is 17.0. The van der Waals surface area contributed by atoms with Gasteiger partial charge in [-0.1, -0.05) is 77.4 Å². The molecule has 2 aliphatic rings. The minimum absolute atomic E-state index is 0.297. The molecule has 4 aromatic carbocycles. The molecular formula is C28H23N. The van der Waals surface area contributed by atoms with Gasteiger partial charge in [0.1, 0.15) is 0 Å². The van der Waals surface area contributed by atoms with Crippen molar-refractivity contribution < 1.29 is 0 Å². The molecule has 2 N–H and O–H groups in total. The maximum absolute atomic E-state index is 6.35. The van der Waals surface area contributed by atoms with Gasteiger partial charge in [-0.15, -0.1) is 0 Å². The Kier molecular flexibility index (Phi) is 3.09. The van der Waals surface area contributed by atoms with Gasteiger partial charge in [0.2, 0.25) is 0 Å². The molecule has 1 nitrogen and oxygen atoms in total. The third kappa shape index (κ3) is 1.95. The molecule has 0 aliphatic heterocycles. The normalized spacial score (nSPS) is 14.4. The molecule has 0 unspecified atom stereocenters. The van der Waals surface area contributed by atoms with Gasteiger partial charge in [-0.2, -0.15) is 0 Å². The molecule has 0 amide bonds. The first-order valence-corrected chi connectivity index (χ1v) is 10.2. The van der Waals surface area contributed by atoms with E-state index < -0.39 is 0 Å². The second-order valence-corrected chi connectivity index (χ2v) is 8.70. The van der Waals surface area contributed by atoms with E-state index in [9.17, 15) is 0 Å². The third-order valence-corrected chi connectivity index (χ3v) is 6.77. The predicted octanol–water partition coefficient (Wildman–Crippen LogP) is 6.54. The van der Waals surface area contributed by atoms with Gasteiger partial charge >= 0.3 is 0 Å². The standard InChI is InChI=1S/C28H23N/c1-16-4-8-20-21-9-5-17(2)13-25(21)28(24(20)12-16)26-14-18(3)6-10-22(26)23-11-7-19(29)15-27(23)28/h4-15H,29H2,1-3H3. The summed E-state index contributed by atoms with van der Waals surface area (Å²) in [5.74, 6) is 0. The lowest BCUT2D eigenvalue weighted by Gasteiger charge is -2.31. The zero-order valence-corrected chi connectivity index (χ0v) is 17.0. The van der Waals surface area contributed by atoms with E-state index >= 15 is 0 Å². The number of rotatable bonds is 0. The lowest BCUT2D eigenvalue weighted by Crippen LogP contribution is -2.26. The minimum atomic E-state index is -0.297. The van der Waals surface area contributed by atoms with Crippen LogP contribution in [0.1, 0.15) is 38.9 Å². The van der Waals surface area contributed by atoms with Crippen LogP contribution in [-0.2, 0) is 5.41 Å². The second-order valence-electron chi connectivity index (χ2n) is 8.70. The number of hydrogen-bond donors (Lipinski definition) is 1. The number of nitrogens with two attached hydrogens (primary N) is 1. The molecule has 6 rings (SSSR count). The highest BCUT2D eigenvalue weighted by Crippen LogP contribution is 2.63. The SMILES string of the molecule is Cc1ccc2c(c1)C1(c3cc(C)ccc3-2)c2cc(C)ccc2-c2ccc(N)cc21. The van der Waals surface area contributed by atoms with E-state index in [-0.39, 0.29) is 5.41 Å². The summed E-state index contributed by atoms with van der Waals surface area (Å²) < 4.78 is 0. The van der Waals surface area contributed by atoms with E-state index in [0.717, 1.165) is 5.69 Å². The third-order valence-electron chi connectivity index (χ3n) is 6.77. The van der Waals surface area contributed by atoms with E-state index in [0.29, 0.717) is 0 Å². The molecule has 1 heteroatoms. The molecule has 0 radical (unpaired) electrons. The largest absolute Gasteiger partial charge is 0.399 e. The Hall–Kier alpha value is -3.32. The highest BCUT2D eigenvalue weighted by atomic mass is 14.6. The topological polar surface area (TPSA) is 26.0 Å². The van der Waals surface area contributed by atoms with Crippen LogP contribution in [0.2, 0.25) is 0 Å². The van der Waals surface area contributed by atoms with E-state index in [4.69, 9.17) is 5.73 Å². The molecule has 1 spiro atoms. The van der Waals surface area contributed by atoms with Crippen LogP contribution in [0.25, 0.3) is 22.3 Å². The minimum Gasteiger partial charge on any atom is -0.399 e. The van der Waals surface area contributed by atoms with E-state index in [1.807, 2.05) is 6.07 Å². The summed E-state index contributed by atoms with van der Waals surface area (Å²) in [6, 6.07) is 27.2. The van der Waals surface area contributed by atoms with Gasteiger partial charge in [0.05, 0.1) is 5.41 Å². The van der Waals surface area contributed by atoms with E-state index in [1.165, 1.54) is 61.2 Å². The molecule has 0 saturated heterocycles. The smallest absolute Gasteiger partial charge is 0.0726 e. The molecule has 0 heterocycles. The number of hydrogen-bond acceptors (Lipinski definition) is 1. The van der Waals surface area contributed by atoms with Crippen molar-refractivity contribution in [2.24, 2.45) is 0 Å². The van der Waals surface area contributed by atoms with Gasteiger partial charge in [-0.3, -0.25) is 0 Å². The lowest BCUT2D eigenvalue weighted by molar-refractivity contribution is 0.791. The summed E-state index contributed by atoms with van der Waals surface area (Å²) >= 11 is 0. The van der Waals surface area contributed by atoms with Crippen LogP contribution in [0.5, 0.6) is 0 Å². The lowest BCUT2D eigenvalue weighted by atomic mass is 9.70. The van der Waals surface area contributed by atoms with Crippen molar-refractivity contribution in [2.75, 3.05) is 5.73 Å². The monoisotopic (exact) mass is 373 g/mol. The molecule has 0 aromatic heterocycles. The second kappa shape index (κ2) is 5.39. The Morgan fingerprint density at radius 2 is 0.828 bits per heavy atom. The average molecular weight is 373 g/mol. The van der Waals surface area contributed by atoms with Gasteiger partial charge in [0, 0.05) is 5.69 Å². The van der Waals surface area contributed by atoms with Crippen molar-refractivity contribution >= 4 is 5.69 Å². The van der Waals surface area contributed by atoms with Gasteiger partial charge in [-0.25, -0.2) is 0 Å². The Morgan fingerprint density at radius 3 is 1.24 bits per heavy atom. The van der Waals surface area contributed by atoms with Crippen molar-refractivity contribution in [3.63, 3.8) is 0 Å². The Morgan fingerprint density at radius 1 is 0.483 bits per heavy atom. The number of benzene rings is 4. The Bertz CT molecular complexity index is 1130. The first-order chi connectivity index (χ1) is 14.0. The maximum Gasteiger partial charge on any atom is 0.0726 e. The highest BCUT2D eigenvalue weighted by molar-refractivity contribution is 5.95.